The van der Waals surface area contributed by atoms with Crippen LogP contribution >= 0.6 is 11.6 Å². The molecule has 0 bridgehead atoms. The standard InChI is InChI=1S/C23H21ClF3N3O2/c24-19-6-5-15(13-18(19)23(25,26)27)20-17(4-2-8-29-20)22(31)21(16-3-1-7-28-14-16)30-9-11-32-12-10-30/h1-8,13-14,21-22,31H,9-12H2/t21-,22+/m0/s1. The van der Waals surface area contributed by atoms with Crippen LogP contribution < -0.4 is 0 Å². The zero-order valence-electron chi connectivity index (χ0n) is 17.0. The highest BCUT2D eigenvalue weighted by Crippen LogP contribution is 2.41. The van der Waals surface area contributed by atoms with Gasteiger partial charge >= 0.3 is 6.18 Å². The van der Waals surface area contributed by atoms with Crippen molar-refractivity contribution >= 4 is 11.6 Å². The van der Waals surface area contributed by atoms with Crippen molar-refractivity contribution in [3.63, 3.8) is 0 Å². The number of alkyl halides is 3. The van der Waals surface area contributed by atoms with E-state index in [0.717, 1.165) is 11.6 Å². The van der Waals surface area contributed by atoms with E-state index < -0.39 is 23.9 Å². The van der Waals surface area contributed by atoms with E-state index >= 15 is 0 Å². The number of rotatable bonds is 5. The van der Waals surface area contributed by atoms with Crippen molar-refractivity contribution in [2.24, 2.45) is 0 Å². The van der Waals surface area contributed by atoms with Crippen LogP contribution in [0.2, 0.25) is 5.02 Å². The Labute approximate surface area is 188 Å². The molecule has 32 heavy (non-hydrogen) atoms. The van der Waals surface area contributed by atoms with E-state index in [4.69, 9.17) is 16.3 Å². The van der Waals surface area contributed by atoms with Crippen molar-refractivity contribution in [3.8, 4) is 11.3 Å². The van der Waals surface area contributed by atoms with E-state index in [1.165, 1.54) is 18.3 Å². The molecular weight excluding hydrogens is 443 g/mol. The van der Waals surface area contributed by atoms with Crippen molar-refractivity contribution in [2.75, 3.05) is 26.3 Å². The molecule has 0 unspecified atom stereocenters. The van der Waals surface area contributed by atoms with Crippen molar-refractivity contribution in [1.82, 2.24) is 14.9 Å². The van der Waals surface area contributed by atoms with Crippen LogP contribution in [0.3, 0.4) is 0 Å². The number of nitrogens with zero attached hydrogens (tertiary/aromatic N) is 3. The molecule has 168 valence electrons. The zero-order chi connectivity index (χ0) is 22.7. The van der Waals surface area contributed by atoms with Crippen LogP contribution in [0.15, 0.2) is 61.1 Å². The molecule has 2 atom stereocenters. The van der Waals surface area contributed by atoms with Gasteiger partial charge in [0, 0.05) is 42.8 Å². The Bertz CT molecular complexity index is 1060. The molecular formula is C23H21ClF3N3O2. The van der Waals surface area contributed by atoms with E-state index in [2.05, 4.69) is 14.9 Å². The van der Waals surface area contributed by atoms with Gasteiger partial charge in [-0.1, -0.05) is 29.8 Å². The molecule has 0 radical (unpaired) electrons. The SMILES string of the molecule is O[C@H](c1cccnc1-c1ccc(Cl)c(C(F)(F)F)c1)[C@H](c1cccnc1)N1CCOCC1. The lowest BCUT2D eigenvalue weighted by Gasteiger charge is -2.37. The van der Waals surface area contributed by atoms with Gasteiger partial charge < -0.3 is 9.84 Å². The highest BCUT2D eigenvalue weighted by atomic mass is 35.5. The highest BCUT2D eigenvalue weighted by Gasteiger charge is 2.35. The lowest BCUT2D eigenvalue weighted by Crippen LogP contribution is -2.41. The summed E-state index contributed by atoms with van der Waals surface area (Å²) >= 11 is 5.79. The first-order valence-corrected chi connectivity index (χ1v) is 10.5. The third-order valence-electron chi connectivity index (χ3n) is 5.47. The van der Waals surface area contributed by atoms with Crippen LogP contribution in [0.1, 0.15) is 28.8 Å². The number of ether oxygens (including phenoxy) is 1. The normalized spacial score (nSPS) is 17.2. The molecule has 0 spiro atoms. The molecule has 0 aliphatic carbocycles. The predicted molar refractivity (Wildman–Crippen MR) is 114 cm³/mol. The summed E-state index contributed by atoms with van der Waals surface area (Å²) in [6.07, 6.45) is -0.850. The number of hydrogen-bond donors (Lipinski definition) is 1. The van der Waals surface area contributed by atoms with E-state index in [-0.39, 0.29) is 16.3 Å². The summed E-state index contributed by atoms with van der Waals surface area (Å²) in [6.45, 7) is 2.25. The van der Waals surface area contributed by atoms with Crippen LogP contribution in [0.4, 0.5) is 13.2 Å². The molecule has 5 nitrogen and oxygen atoms in total. The molecule has 2 aromatic heterocycles. The second kappa shape index (κ2) is 9.54. The van der Waals surface area contributed by atoms with Crippen molar-refractivity contribution in [1.29, 1.82) is 0 Å². The second-order valence-corrected chi connectivity index (χ2v) is 7.87. The average molecular weight is 464 g/mol. The smallest absolute Gasteiger partial charge is 0.386 e. The van der Waals surface area contributed by atoms with Gasteiger partial charge in [0.15, 0.2) is 0 Å². The minimum atomic E-state index is -4.60. The maximum Gasteiger partial charge on any atom is 0.417 e. The van der Waals surface area contributed by atoms with Gasteiger partial charge in [-0.2, -0.15) is 13.2 Å². The Balaban J connectivity index is 1.78. The van der Waals surface area contributed by atoms with Crippen LogP contribution in [0, 0.1) is 0 Å². The maximum absolute atomic E-state index is 13.4. The zero-order valence-corrected chi connectivity index (χ0v) is 17.7. The first-order chi connectivity index (χ1) is 15.4. The summed E-state index contributed by atoms with van der Waals surface area (Å²) in [7, 11) is 0. The molecule has 4 rings (SSSR count). The molecule has 1 aliphatic rings. The molecule has 3 aromatic rings. The third-order valence-corrected chi connectivity index (χ3v) is 5.80. The van der Waals surface area contributed by atoms with Gasteiger partial charge in [-0.05, 0) is 29.8 Å². The summed E-state index contributed by atoms with van der Waals surface area (Å²) in [4.78, 5) is 10.6. The van der Waals surface area contributed by atoms with Crippen LogP contribution in [-0.4, -0.2) is 46.3 Å². The largest absolute Gasteiger partial charge is 0.417 e. The van der Waals surface area contributed by atoms with Gasteiger partial charge in [0.25, 0.3) is 0 Å². The number of benzene rings is 1. The van der Waals surface area contributed by atoms with E-state index in [9.17, 15) is 18.3 Å². The average Bonchev–Trinajstić information content (AvgIpc) is 2.80. The van der Waals surface area contributed by atoms with E-state index in [0.29, 0.717) is 31.9 Å². The summed E-state index contributed by atoms with van der Waals surface area (Å²) < 4.78 is 45.7. The summed E-state index contributed by atoms with van der Waals surface area (Å²) in [5, 5.41) is 11.1. The fourth-order valence-corrected chi connectivity index (χ4v) is 4.18. The van der Waals surface area contributed by atoms with Crippen LogP contribution in [0.5, 0.6) is 0 Å². The molecule has 1 aromatic carbocycles. The van der Waals surface area contributed by atoms with Crippen molar-refractivity contribution in [2.45, 2.75) is 18.3 Å². The van der Waals surface area contributed by atoms with Crippen LogP contribution in [-0.2, 0) is 10.9 Å². The topological polar surface area (TPSA) is 58.5 Å². The quantitative estimate of drug-likeness (QED) is 0.582. The molecule has 1 saturated heterocycles. The Hall–Kier alpha value is -2.52. The summed E-state index contributed by atoms with van der Waals surface area (Å²) in [6, 6.07) is 10.2. The van der Waals surface area contributed by atoms with Gasteiger partial charge in [0.2, 0.25) is 0 Å². The fourth-order valence-electron chi connectivity index (χ4n) is 3.96. The van der Waals surface area contributed by atoms with Gasteiger partial charge in [0.1, 0.15) is 6.10 Å². The Kier molecular flexibility index (Phi) is 6.76. The molecule has 1 fully saturated rings. The number of aromatic nitrogens is 2. The minimum absolute atomic E-state index is 0.225. The lowest BCUT2D eigenvalue weighted by molar-refractivity contribution is -0.137. The Morgan fingerprint density at radius 3 is 2.50 bits per heavy atom. The van der Waals surface area contributed by atoms with Gasteiger partial charge in [-0.15, -0.1) is 0 Å². The number of pyridine rings is 2. The second-order valence-electron chi connectivity index (χ2n) is 7.46. The number of aliphatic hydroxyl groups is 1. The summed E-state index contributed by atoms with van der Waals surface area (Å²) in [5.41, 5.74) is 0.763. The van der Waals surface area contributed by atoms with Crippen molar-refractivity contribution < 1.29 is 23.0 Å². The molecule has 0 amide bonds. The number of morpholine rings is 1. The number of aliphatic hydroxyl groups excluding tert-OH is 1. The third kappa shape index (κ3) is 4.78. The molecule has 9 heteroatoms. The lowest BCUT2D eigenvalue weighted by atomic mass is 9.91. The molecule has 3 heterocycles. The van der Waals surface area contributed by atoms with Gasteiger partial charge in [0.05, 0.1) is 35.5 Å². The first-order valence-electron chi connectivity index (χ1n) is 10.1. The van der Waals surface area contributed by atoms with Crippen LogP contribution in [0.25, 0.3) is 11.3 Å². The van der Waals surface area contributed by atoms with Gasteiger partial charge in [-0.3, -0.25) is 14.9 Å². The maximum atomic E-state index is 13.4. The fraction of sp³-hybridized carbons (Fsp3) is 0.304. The first kappa shape index (κ1) is 22.7. The highest BCUT2D eigenvalue weighted by molar-refractivity contribution is 6.31. The molecule has 0 saturated carbocycles. The van der Waals surface area contributed by atoms with E-state index in [1.807, 2.05) is 6.07 Å². The minimum Gasteiger partial charge on any atom is -0.386 e. The van der Waals surface area contributed by atoms with E-state index in [1.54, 1.807) is 30.6 Å². The molecule has 1 aliphatic heterocycles. The Morgan fingerprint density at radius 1 is 1.06 bits per heavy atom. The number of halogens is 4. The van der Waals surface area contributed by atoms with Crippen molar-refractivity contribution in [3.05, 3.63) is 82.8 Å². The van der Waals surface area contributed by atoms with Gasteiger partial charge in [-0.25, -0.2) is 0 Å². The number of hydrogen-bond acceptors (Lipinski definition) is 5. The molecule has 1 N–H and O–H groups in total. The Morgan fingerprint density at radius 2 is 1.81 bits per heavy atom. The predicted octanol–water partition coefficient (Wildman–Crippen LogP) is 4.92. The monoisotopic (exact) mass is 463 g/mol. The summed E-state index contributed by atoms with van der Waals surface area (Å²) in [5.74, 6) is 0.